The topological polar surface area (TPSA) is 59.8 Å². The first kappa shape index (κ1) is 14.9. The summed E-state index contributed by atoms with van der Waals surface area (Å²) in [7, 11) is 0.548. The van der Waals surface area contributed by atoms with Gasteiger partial charge in [-0.1, -0.05) is 0 Å². The molecule has 0 radical (unpaired) electrons. The quantitative estimate of drug-likeness (QED) is 0.705. The van der Waals surface area contributed by atoms with Crippen molar-refractivity contribution in [3.05, 3.63) is 24.3 Å². The van der Waals surface area contributed by atoms with Crippen LogP contribution in [0, 0.1) is 0 Å². The minimum Gasteiger partial charge on any atom is -0.494 e. The Morgan fingerprint density at radius 2 is 1.83 bits per heavy atom. The fraction of sp³-hybridized carbons (Fsp3) is 0.500. The lowest BCUT2D eigenvalue weighted by atomic mass is 10.3. The SMILES string of the molecule is CCOc1ccc(S(=O)(=O)NCC[NH+](C)C)cc1. The monoisotopic (exact) mass is 273 g/mol. The Hall–Kier alpha value is -1.11. The lowest BCUT2D eigenvalue weighted by Gasteiger charge is -2.09. The molecule has 0 aliphatic heterocycles. The molecule has 0 unspecified atom stereocenters. The van der Waals surface area contributed by atoms with Gasteiger partial charge in [0, 0.05) is 0 Å². The van der Waals surface area contributed by atoms with Crippen LogP contribution in [0.2, 0.25) is 0 Å². The Morgan fingerprint density at radius 1 is 1.22 bits per heavy atom. The molecule has 0 atom stereocenters. The summed E-state index contributed by atoms with van der Waals surface area (Å²) >= 11 is 0. The van der Waals surface area contributed by atoms with Crippen LogP contribution in [0.5, 0.6) is 5.75 Å². The van der Waals surface area contributed by atoms with E-state index in [1.54, 1.807) is 24.3 Å². The second-order valence-electron chi connectivity index (χ2n) is 4.26. The van der Waals surface area contributed by atoms with E-state index in [0.29, 0.717) is 18.9 Å². The van der Waals surface area contributed by atoms with Crippen molar-refractivity contribution < 1.29 is 18.1 Å². The Balaban J connectivity index is 2.67. The number of nitrogens with one attached hydrogen (secondary N) is 2. The summed E-state index contributed by atoms with van der Waals surface area (Å²) in [6.07, 6.45) is 0. The minimum atomic E-state index is -3.41. The van der Waals surface area contributed by atoms with Crippen molar-refractivity contribution in [2.45, 2.75) is 11.8 Å². The highest BCUT2D eigenvalue weighted by molar-refractivity contribution is 7.89. The van der Waals surface area contributed by atoms with Gasteiger partial charge in [0.25, 0.3) is 0 Å². The van der Waals surface area contributed by atoms with Crippen molar-refractivity contribution in [3.63, 3.8) is 0 Å². The van der Waals surface area contributed by atoms with Gasteiger partial charge >= 0.3 is 0 Å². The average molecular weight is 273 g/mol. The molecule has 102 valence electrons. The van der Waals surface area contributed by atoms with Crippen LogP contribution >= 0.6 is 0 Å². The molecule has 0 aliphatic carbocycles. The van der Waals surface area contributed by atoms with Crippen LogP contribution in [0.25, 0.3) is 0 Å². The predicted octanol–water partition coefficient (Wildman–Crippen LogP) is -0.492. The second kappa shape index (κ2) is 6.72. The molecule has 2 N–H and O–H groups in total. The number of benzene rings is 1. The minimum absolute atomic E-state index is 0.264. The highest BCUT2D eigenvalue weighted by atomic mass is 32.2. The van der Waals surface area contributed by atoms with Crippen LogP contribution in [0.1, 0.15) is 6.92 Å². The number of hydrogen-bond donors (Lipinski definition) is 2. The molecule has 0 saturated carbocycles. The first-order chi connectivity index (χ1) is 8.45. The van der Waals surface area contributed by atoms with Gasteiger partial charge in [-0.25, -0.2) is 13.1 Å². The molecule has 0 aliphatic rings. The zero-order valence-corrected chi connectivity index (χ0v) is 11.9. The second-order valence-corrected chi connectivity index (χ2v) is 6.03. The van der Waals surface area contributed by atoms with Gasteiger partial charge in [0.2, 0.25) is 10.0 Å². The third-order valence-electron chi connectivity index (χ3n) is 2.36. The Morgan fingerprint density at radius 3 is 2.33 bits per heavy atom. The van der Waals surface area contributed by atoms with Gasteiger partial charge in [0.15, 0.2) is 0 Å². The molecular weight excluding hydrogens is 252 g/mol. The molecule has 5 nitrogen and oxygen atoms in total. The van der Waals surface area contributed by atoms with Crippen LogP contribution in [-0.2, 0) is 10.0 Å². The number of ether oxygens (including phenoxy) is 1. The number of sulfonamides is 1. The van der Waals surface area contributed by atoms with Crippen LogP contribution in [0.4, 0.5) is 0 Å². The molecule has 18 heavy (non-hydrogen) atoms. The molecule has 1 rings (SSSR count). The summed E-state index contributed by atoms with van der Waals surface area (Å²) in [5.74, 6) is 0.675. The maximum absolute atomic E-state index is 11.9. The van der Waals surface area contributed by atoms with E-state index in [0.717, 1.165) is 6.54 Å². The van der Waals surface area contributed by atoms with Crippen LogP contribution in [0.15, 0.2) is 29.2 Å². The van der Waals surface area contributed by atoms with E-state index in [9.17, 15) is 8.42 Å². The van der Waals surface area contributed by atoms with Gasteiger partial charge in [-0.15, -0.1) is 0 Å². The maximum atomic E-state index is 11.9. The summed E-state index contributed by atoms with van der Waals surface area (Å²) in [6, 6.07) is 6.43. The number of likely N-dealkylation sites (N-methyl/N-ethyl adjacent to an activating group) is 1. The van der Waals surface area contributed by atoms with Gasteiger partial charge in [-0.05, 0) is 31.2 Å². The van der Waals surface area contributed by atoms with E-state index in [2.05, 4.69) is 4.72 Å². The van der Waals surface area contributed by atoms with Gasteiger partial charge < -0.3 is 9.64 Å². The molecule has 0 fully saturated rings. The summed E-state index contributed by atoms with van der Waals surface area (Å²) in [6.45, 7) is 3.62. The van der Waals surface area contributed by atoms with Crippen molar-refractivity contribution in [2.24, 2.45) is 0 Å². The first-order valence-electron chi connectivity index (χ1n) is 5.97. The molecule has 0 saturated heterocycles. The zero-order valence-electron chi connectivity index (χ0n) is 11.1. The van der Waals surface area contributed by atoms with E-state index in [4.69, 9.17) is 4.74 Å². The molecule has 0 bridgehead atoms. The fourth-order valence-electron chi connectivity index (χ4n) is 1.40. The molecule has 6 heteroatoms. The van der Waals surface area contributed by atoms with Crippen LogP contribution < -0.4 is 14.4 Å². The third kappa shape index (κ3) is 4.64. The van der Waals surface area contributed by atoms with E-state index < -0.39 is 10.0 Å². The predicted molar refractivity (Wildman–Crippen MR) is 70.5 cm³/mol. The summed E-state index contributed by atoms with van der Waals surface area (Å²) < 4.78 is 31.7. The van der Waals surface area contributed by atoms with Gasteiger partial charge in [-0.3, -0.25) is 0 Å². The van der Waals surface area contributed by atoms with Crippen molar-refractivity contribution in [1.82, 2.24) is 4.72 Å². The van der Waals surface area contributed by atoms with Crippen molar-refractivity contribution in [1.29, 1.82) is 0 Å². The van der Waals surface area contributed by atoms with E-state index in [-0.39, 0.29) is 4.90 Å². The van der Waals surface area contributed by atoms with Crippen molar-refractivity contribution in [2.75, 3.05) is 33.8 Å². The molecular formula is C12H21N2O3S+. The molecule has 0 heterocycles. The Bertz CT molecular complexity index is 455. The van der Waals surface area contributed by atoms with Gasteiger partial charge in [0.1, 0.15) is 5.75 Å². The lowest BCUT2D eigenvalue weighted by molar-refractivity contribution is -0.856. The van der Waals surface area contributed by atoms with E-state index >= 15 is 0 Å². The van der Waals surface area contributed by atoms with E-state index in [1.165, 1.54) is 4.90 Å². The van der Waals surface area contributed by atoms with Gasteiger partial charge in [-0.2, -0.15) is 0 Å². The summed E-state index contributed by atoms with van der Waals surface area (Å²) in [4.78, 5) is 1.46. The zero-order chi connectivity index (χ0) is 13.6. The number of rotatable bonds is 7. The first-order valence-corrected chi connectivity index (χ1v) is 7.45. The Kier molecular flexibility index (Phi) is 5.58. The van der Waals surface area contributed by atoms with E-state index in [1.807, 2.05) is 21.0 Å². The fourth-order valence-corrected chi connectivity index (χ4v) is 2.43. The summed E-state index contributed by atoms with van der Waals surface area (Å²) in [5.41, 5.74) is 0. The van der Waals surface area contributed by atoms with Crippen molar-refractivity contribution in [3.8, 4) is 5.75 Å². The highest BCUT2D eigenvalue weighted by Crippen LogP contribution is 2.15. The molecule has 0 spiro atoms. The maximum Gasteiger partial charge on any atom is 0.240 e. The summed E-state index contributed by atoms with van der Waals surface area (Å²) in [5, 5.41) is 0. The molecule has 0 amide bonds. The molecule has 0 aromatic heterocycles. The highest BCUT2D eigenvalue weighted by Gasteiger charge is 2.13. The Labute approximate surface area is 109 Å². The van der Waals surface area contributed by atoms with Crippen LogP contribution in [-0.4, -0.2) is 42.2 Å². The smallest absolute Gasteiger partial charge is 0.240 e. The lowest BCUT2D eigenvalue weighted by Crippen LogP contribution is -3.06. The van der Waals surface area contributed by atoms with Crippen molar-refractivity contribution >= 4 is 10.0 Å². The molecule has 1 aromatic rings. The standard InChI is InChI=1S/C12H20N2O3S/c1-4-17-11-5-7-12(8-6-11)18(15,16)13-9-10-14(2)3/h5-8,13H,4,9-10H2,1-3H3/p+1. The molecule has 1 aromatic carbocycles. The third-order valence-corrected chi connectivity index (χ3v) is 3.84. The van der Waals surface area contributed by atoms with Gasteiger partial charge in [0.05, 0.1) is 38.7 Å². The number of hydrogen-bond acceptors (Lipinski definition) is 3. The van der Waals surface area contributed by atoms with Crippen LogP contribution in [0.3, 0.4) is 0 Å². The largest absolute Gasteiger partial charge is 0.494 e. The average Bonchev–Trinajstić information content (AvgIpc) is 2.29. The normalized spacial score (nSPS) is 11.8. The number of quaternary nitrogens is 1.